The molecule has 0 saturated carbocycles. The molecule has 36 heavy (non-hydrogen) atoms. The Balaban J connectivity index is 1.72. The number of furan rings is 1. The van der Waals surface area contributed by atoms with E-state index >= 15 is 0 Å². The summed E-state index contributed by atoms with van der Waals surface area (Å²) >= 11 is 1.45. The number of non-ortho nitro benzene ring substituents is 1. The molecule has 1 aliphatic rings. The number of fused-ring (bicyclic) bond motifs is 1. The number of hydrogen-bond acceptors (Lipinski definition) is 8. The number of nitrogens with zero attached hydrogens (tertiary/aromatic N) is 2. The molecule has 0 bridgehead atoms. The van der Waals surface area contributed by atoms with E-state index in [1.54, 1.807) is 18.4 Å². The summed E-state index contributed by atoms with van der Waals surface area (Å²) in [6.07, 6.45) is 5.48. The molecule has 10 heteroatoms. The van der Waals surface area contributed by atoms with Gasteiger partial charge in [0.25, 0.3) is 11.6 Å². The summed E-state index contributed by atoms with van der Waals surface area (Å²) in [5.41, 5.74) is 1.52. The van der Waals surface area contributed by atoms with E-state index in [4.69, 9.17) is 9.15 Å². The summed E-state index contributed by atoms with van der Waals surface area (Å²) in [5, 5.41) is 25.2. The maximum absolute atomic E-state index is 13.3. The van der Waals surface area contributed by atoms with E-state index in [-0.39, 0.29) is 40.6 Å². The number of nitro benzene ring substituents is 1. The van der Waals surface area contributed by atoms with Crippen molar-refractivity contribution in [1.29, 1.82) is 0 Å². The van der Waals surface area contributed by atoms with Gasteiger partial charge in [-0.1, -0.05) is 20.8 Å². The number of carbonyl (C=O) groups excluding carboxylic acids is 1. The minimum absolute atomic E-state index is 0.0273. The van der Waals surface area contributed by atoms with Crippen LogP contribution in [0.15, 0.2) is 39.9 Å². The highest BCUT2D eigenvalue weighted by Gasteiger charge is 2.33. The van der Waals surface area contributed by atoms with Crippen molar-refractivity contribution in [3.8, 4) is 11.5 Å². The van der Waals surface area contributed by atoms with Gasteiger partial charge in [-0.2, -0.15) is 0 Å². The van der Waals surface area contributed by atoms with Crippen LogP contribution in [0.2, 0.25) is 0 Å². The fourth-order valence-electron chi connectivity index (χ4n) is 4.41. The molecule has 1 atom stereocenters. The SMILES string of the molecule is COc1cc([N+](=O)[O-])cc(C=Nc2sc3c(c2C(=O)NCc2ccco2)CC[C@H](C(C)(C)C)C3)c1O. The Bertz CT molecular complexity index is 1300. The molecule has 3 aromatic rings. The molecule has 0 spiro atoms. The van der Waals surface area contributed by atoms with Gasteiger partial charge >= 0.3 is 0 Å². The number of rotatable bonds is 7. The number of thiophene rings is 1. The second-order valence-corrected chi connectivity index (χ2v) is 10.9. The highest BCUT2D eigenvalue weighted by molar-refractivity contribution is 7.16. The van der Waals surface area contributed by atoms with Crippen LogP contribution in [0.5, 0.6) is 11.5 Å². The standard InChI is InChI=1S/C26H29N3O6S/c1-26(2,3)16-7-8-19-21(11-16)36-25(22(19)24(31)27-14-18-6-5-9-35-18)28-13-15-10-17(29(32)33)12-20(34-4)23(15)30/h5-6,9-10,12-13,16,30H,7-8,11,14H2,1-4H3,(H,27,31)/t16-/m0/s1. The van der Waals surface area contributed by atoms with Crippen LogP contribution >= 0.6 is 11.3 Å². The van der Waals surface area contributed by atoms with Crippen molar-refractivity contribution in [1.82, 2.24) is 5.32 Å². The van der Waals surface area contributed by atoms with Gasteiger partial charge in [0, 0.05) is 22.7 Å². The third-order valence-electron chi connectivity index (χ3n) is 6.54. The van der Waals surface area contributed by atoms with E-state index in [0.717, 1.165) is 35.8 Å². The molecule has 2 heterocycles. The molecule has 1 amide bonds. The lowest BCUT2D eigenvalue weighted by molar-refractivity contribution is -0.385. The zero-order valence-corrected chi connectivity index (χ0v) is 21.5. The molecular formula is C26H29N3O6S. The summed E-state index contributed by atoms with van der Waals surface area (Å²) in [7, 11) is 1.32. The monoisotopic (exact) mass is 511 g/mol. The number of benzene rings is 1. The zero-order valence-electron chi connectivity index (χ0n) is 20.7. The predicted octanol–water partition coefficient (Wildman–Crippen LogP) is 5.80. The second kappa shape index (κ2) is 10.1. The van der Waals surface area contributed by atoms with Crippen molar-refractivity contribution in [3.05, 3.63) is 68.0 Å². The number of nitro groups is 1. The van der Waals surface area contributed by atoms with Gasteiger partial charge in [-0.15, -0.1) is 11.3 Å². The summed E-state index contributed by atoms with van der Waals surface area (Å²) < 4.78 is 10.4. The molecule has 4 rings (SSSR count). The predicted molar refractivity (Wildman–Crippen MR) is 138 cm³/mol. The average molecular weight is 512 g/mol. The van der Waals surface area contributed by atoms with E-state index in [1.165, 1.54) is 30.7 Å². The van der Waals surface area contributed by atoms with Crippen molar-refractivity contribution < 1.29 is 24.0 Å². The quantitative estimate of drug-likeness (QED) is 0.235. The lowest BCUT2D eigenvalue weighted by Gasteiger charge is -2.33. The van der Waals surface area contributed by atoms with E-state index in [9.17, 15) is 20.0 Å². The van der Waals surface area contributed by atoms with Crippen molar-refractivity contribution in [3.63, 3.8) is 0 Å². The van der Waals surface area contributed by atoms with Crippen molar-refractivity contribution >= 4 is 34.1 Å². The average Bonchev–Trinajstić information content (AvgIpc) is 3.48. The van der Waals surface area contributed by atoms with Crippen molar-refractivity contribution in [2.24, 2.45) is 16.3 Å². The lowest BCUT2D eigenvalue weighted by atomic mass is 9.72. The summed E-state index contributed by atoms with van der Waals surface area (Å²) in [4.78, 5) is 29.7. The largest absolute Gasteiger partial charge is 0.504 e. The Morgan fingerprint density at radius 2 is 2.19 bits per heavy atom. The number of phenols is 1. The number of hydrogen-bond donors (Lipinski definition) is 2. The third-order valence-corrected chi connectivity index (χ3v) is 7.70. The minimum atomic E-state index is -0.566. The first-order chi connectivity index (χ1) is 17.1. The van der Waals surface area contributed by atoms with Crippen molar-refractivity contribution in [2.45, 2.75) is 46.6 Å². The zero-order chi connectivity index (χ0) is 26.0. The molecule has 0 saturated heterocycles. The maximum atomic E-state index is 13.3. The number of carbonyl (C=O) groups is 1. The van der Waals surface area contributed by atoms with E-state index in [1.807, 2.05) is 0 Å². The Morgan fingerprint density at radius 1 is 1.42 bits per heavy atom. The van der Waals surface area contributed by atoms with Gasteiger partial charge in [-0.3, -0.25) is 14.9 Å². The Kier molecular flexibility index (Phi) is 7.16. The highest BCUT2D eigenvalue weighted by Crippen LogP contribution is 2.45. The smallest absolute Gasteiger partial charge is 0.274 e. The number of methoxy groups -OCH3 is 1. The number of aliphatic imine (C=N–C) groups is 1. The Labute approximate surface area is 213 Å². The fraction of sp³-hybridized carbons (Fsp3) is 0.385. The lowest BCUT2D eigenvalue weighted by Crippen LogP contribution is -2.28. The second-order valence-electron chi connectivity index (χ2n) is 9.85. The fourth-order valence-corrected chi connectivity index (χ4v) is 5.68. The number of ether oxygens (including phenoxy) is 1. The van der Waals surface area contributed by atoms with Gasteiger partial charge in [0.05, 0.1) is 36.5 Å². The van der Waals surface area contributed by atoms with Crippen LogP contribution in [-0.2, 0) is 19.4 Å². The number of phenolic OH excluding ortho intramolecular Hbond substituents is 1. The van der Waals surface area contributed by atoms with Crippen LogP contribution in [0.4, 0.5) is 10.7 Å². The molecular weight excluding hydrogens is 482 g/mol. The van der Waals surface area contributed by atoms with Crippen LogP contribution < -0.4 is 10.1 Å². The molecule has 0 radical (unpaired) electrons. The highest BCUT2D eigenvalue weighted by atomic mass is 32.1. The van der Waals surface area contributed by atoms with Crippen LogP contribution in [0, 0.1) is 21.4 Å². The third kappa shape index (κ3) is 5.28. The normalized spacial score (nSPS) is 15.6. The first kappa shape index (κ1) is 25.4. The molecule has 1 aromatic carbocycles. The van der Waals surface area contributed by atoms with E-state index < -0.39 is 4.92 Å². The number of amides is 1. The molecule has 0 unspecified atom stereocenters. The number of nitrogens with one attached hydrogen (secondary N) is 1. The van der Waals surface area contributed by atoms with Crippen LogP contribution in [0.3, 0.4) is 0 Å². The first-order valence-electron chi connectivity index (χ1n) is 11.6. The first-order valence-corrected chi connectivity index (χ1v) is 12.4. The molecule has 0 fully saturated rings. The van der Waals surface area contributed by atoms with Crippen LogP contribution in [0.1, 0.15) is 59.3 Å². The molecule has 2 aromatic heterocycles. The van der Waals surface area contributed by atoms with Crippen LogP contribution in [-0.4, -0.2) is 29.3 Å². The van der Waals surface area contributed by atoms with Crippen molar-refractivity contribution in [2.75, 3.05) is 7.11 Å². The van der Waals surface area contributed by atoms with E-state index in [0.29, 0.717) is 22.2 Å². The van der Waals surface area contributed by atoms with Crippen LogP contribution in [0.25, 0.3) is 0 Å². The van der Waals surface area contributed by atoms with Gasteiger partial charge in [-0.05, 0) is 48.3 Å². The van der Waals surface area contributed by atoms with E-state index in [2.05, 4.69) is 31.1 Å². The Morgan fingerprint density at radius 3 is 2.83 bits per heavy atom. The van der Waals surface area contributed by atoms with Gasteiger partial charge in [-0.25, -0.2) is 4.99 Å². The topological polar surface area (TPSA) is 127 Å². The van der Waals surface area contributed by atoms with Gasteiger partial charge in [0.1, 0.15) is 10.8 Å². The van der Waals surface area contributed by atoms with Gasteiger partial charge in [0.15, 0.2) is 11.5 Å². The molecule has 0 aliphatic heterocycles. The summed E-state index contributed by atoms with van der Waals surface area (Å²) in [6, 6.07) is 5.92. The molecule has 1 aliphatic carbocycles. The minimum Gasteiger partial charge on any atom is -0.504 e. The molecule has 9 nitrogen and oxygen atoms in total. The van der Waals surface area contributed by atoms with Gasteiger partial charge in [0.2, 0.25) is 0 Å². The van der Waals surface area contributed by atoms with Gasteiger partial charge < -0.3 is 19.6 Å². The molecule has 190 valence electrons. The maximum Gasteiger partial charge on any atom is 0.274 e. The summed E-state index contributed by atoms with van der Waals surface area (Å²) in [5.74, 6) is 0.569. The summed E-state index contributed by atoms with van der Waals surface area (Å²) in [6.45, 7) is 6.92. The molecule has 2 N–H and O–H groups in total. The Hall–Kier alpha value is -3.66. The number of aromatic hydroxyl groups is 1.